The average molecular weight is 370 g/mol. The van der Waals surface area contributed by atoms with Crippen LogP contribution >= 0.6 is 0 Å². The first kappa shape index (κ1) is 18.4. The van der Waals surface area contributed by atoms with Crippen LogP contribution < -0.4 is 24.3 Å². The van der Waals surface area contributed by atoms with E-state index in [4.69, 9.17) is 18.9 Å². The summed E-state index contributed by atoms with van der Waals surface area (Å²) in [6, 6.07) is 8.99. The monoisotopic (exact) mass is 370 g/mol. The summed E-state index contributed by atoms with van der Waals surface area (Å²) < 4.78 is 21.5. The molecule has 3 rings (SSSR count). The molecular weight excluding hydrogens is 348 g/mol. The van der Waals surface area contributed by atoms with E-state index in [1.54, 1.807) is 58.9 Å². The highest BCUT2D eigenvalue weighted by atomic mass is 16.5. The van der Waals surface area contributed by atoms with E-state index in [1.165, 1.54) is 0 Å². The molecule has 0 aliphatic heterocycles. The van der Waals surface area contributed by atoms with Gasteiger partial charge < -0.3 is 29.2 Å². The Morgan fingerprint density at radius 2 is 1.67 bits per heavy atom. The van der Waals surface area contributed by atoms with E-state index in [0.29, 0.717) is 22.9 Å². The van der Waals surface area contributed by atoms with Crippen molar-refractivity contribution in [1.82, 2.24) is 4.98 Å². The molecule has 1 aromatic heterocycles. The number of hydrogen-bond donors (Lipinski definition) is 2. The number of nitrogens with one attached hydrogen (secondary N) is 2. The Morgan fingerprint density at radius 3 is 2.26 bits per heavy atom. The second kappa shape index (κ2) is 7.90. The van der Waals surface area contributed by atoms with Crippen LogP contribution in [0.4, 0.5) is 5.69 Å². The number of amides is 1. The number of H-pyrrole nitrogens is 1. The van der Waals surface area contributed by atoms with Crippen molar-refractivity contribution in [1.29, 1.82) is 0 Å². The molecule has 3 aromatic rings. The second-order valence-electron chi connectivity index (χ2n) is 5.84. The largest absolute Gasteiger partial charge is 0.497 e. The third-order valence-electron chi connectivity index (χ3n) is 4.28. The summed E-state index contributed by atoms with van der Waals surface area (Å²) in [5, 5.41) is 3.67. The topological polar surface area (TPSA) is 81.8 Å². The quantitative estimate of drug-likeness (QED) is 0.666. The molecule has 7 heteroatoms. The lowest BCUT2D eigenvalue weighted by Crippen LogP contribution is -2.14. The minimum absolute atomic E-state index is 0.141. The second-order valence-corrected chi connectivity index (χ2v) is 5.84. The molecule has 0 spiro atoms. The molecule has 0 radical (unpaired) electrons. The fourth-order valence-corrected chi connectivity index (χ4v) is 3.02. The number of aromatic nitrogens is 1. The van der Waals surface area contributed by atoms with E-state index in [2.05, 4.69) is 10.3 Å². The highest BCUT2D eigenvalue weighted by Crippen LogP contribution is 2.44. The summed E-state index contributed by atoms with van der Waals surface area (Å²) in [7, 11) is 6.27. The smallest absolute Gasteiger partial charge is 0.228 e. The number of methoxy groups -OCH3 is 4. The number of carbonyl (C=O) groups is 1. The van der Waals surface area contributed by atoms with Crippen LogP contribution in [0.15, 0.2) is 36.5 Å². The number of carbonyl (C=O) groups excluding carboxylic acids is 1. The maximum absolute atomic E-state index is 12.5. The van der Waals surface area contributed by atoms with E-state index in [0.717, 1.165) is 22.2 Å². The molecule has 0 bridgehead atoms. The van der Waals surface area contributed by atoms with Gasteiger partial charge in [-0.25, -0.2) is 0 Å². The van der Waals surface area contributed by atoms with Crippen LogP contribution in [0.5, 0.6) is 23.0 Å². The third kappa shape index (κ3) is 3.62. The Kier molecular flexibility index (Phi) is 5.40. The molecule has 2 N–H and O–H groups in total. The SMILES string of the molecule is COc1ccc(NC(=O)Cc2c[nH]c3cc(OC)c(OC)c(OC)c23)cc1. The highest BCUT2D eigenvalue weighted by molar-refractivity contribution is 5.99. The molecule has 0 atom stereocenters. The zero-order valence-corrected chi connectivity index (χ0v) is 15.7. The van der Waals surface area contributed by atoms with Gasteiger partial charge in [0.05, 0.1) is 40.4 Å². The molecule has 0 aliphatic rings. The van der Waals surface area contributed by atoms with Gasteiger partial charge >= 0.3 is 0 Å². The number of fused-ring (bicyclic) bond motifs is 1. The number of anilines is 1. The molecule has 0 fully saturated rings. The summed E-state index contributed by atoms with van der Waals surface area (Å²) >= 11 is 0. The molecule has 1 amide bonds. The van der Waals surface area contributed by atoms with E-state index in [-0.39, 0.29) is 12.3 Å². The number of rotatable bonds is 7. The van der Waals surface area contributed by atoms with Crippen LogP contribution in [0.3, 0.4) is 0 Å². The molecule has 0 aliphatic carbocycles. The summed E-state index contributed by atoms with van der Waals surface area (Å²) in [4.78, 5) is 15.7. The average Bonchev–Trinajstić information content (AvgIpc) is 3.09. The van der Waals surface area contributed by atoms with Crippen LogP contribution in [-0.2, 0) is 11.2 Å². The van der Waals surface area contributed by atoms with Gasteiger partial charge in [0.15, 0.2) is 11.5 Å². The van der Waals surface area contributed by atoms with Gasteiger partial charge in [-0.3, -0.25) is 4.79 Å². The standard InChI is InChI=1S/C20H22N2O5/c1-24-14-7-5-13(6-8-14)22-17(23)9-12-11-21-15-10-16(25-2)19(26-3)20(27-4)18(12)15/h5-8,10-11,21H,9H2,1-4H3,(H,22,23). The molecular formula is C20H22N2O5. The van der Waals surface area contributed by atoms with Crippen LogP contribution in [0.25, 0.3) is 10.9 Å². The predicted molar refractivity (Wildman–Crippen MR) is 103 cm³/mol. The van der Waals surface area contributed by atoms with Crippen LogP contribution in [0.2, 0.25) is 0 Å². The third-order valence-corrected chi connectivity index (χ3v) is 4.28. The fourth-order valence-electron chi connectivity index (χ4n) is 3.02. The molecule has 1 heterocycles. The maximum atomic E-state index is 12.5. The van der Waals surface area contributed by atoms with Crippen LogP contribution in [-0.4, -0.2) is 39.3 Å². The fraction of sp³-hybridized carbons (Fsp3) is 0.250. The molecule has 0 unspecified atom stereocenters. The van der Waals surface area contributed by atoms with Crippen LogP contribution in [0.1, 0.15) is 5.56 Å². The number of benzene rings is 2. The van der Waals surface area contributed by atoms with Gasteiger partial charge in [0, 0.05) is 23.3 Å². The lowest BCUT2D eigenvalue weighted by molar-refractivity contribution is -0.115. The first-order valence-electron chi connectivity index (χ1n) is 8.34. The molecule has 142 valence electrons. The first-order valence-corrected chi connectivity index (χ1v) is 8.34. The first-order chi connectivity index (χ1) is 13.1. The van der Waals surface area contributed by atoms with Gasteiger partial charge in [-0.1, -0.05) is 0 Å². The Hall–Kier alpha value is -3.35. The molecule has 0 saturated carbocycles. The van der Waals surface area contributed by atoms with Gasteiger partial charge in [-0.2, -0.15) is 0 Å². The van der Waals surface area contributed by atoms with Crippen molar-refractivity contribution in [2.24, 2.45) is 0 Å². The van der Waals surface area contributed by atoms with Crippen molar-refractivity contribution < 1.29 is 23.7 Å². The normalized spacial score (nSPS) is 10.5. The van der Waals surface area contributed by atoms with Crippen molar-refractivity contribution >= 4 is 22.5 Å². The van der Waals surface area contributed by atoms with Crippen molar-refractivity contribution in [3.8, 4) is 23.0 Å². The maximum Gasteiger partial charge on any atom is 0.228 e. The van der Waals surface area contributed by atoms with Crippen LogP contribution in [0, 0.1) is 0 Å². The molecule has 0 saturated heterocycles. The molecule has 27 heavy (non-hydrogen) atoms. The van der Waals surface area contributed by atoms with Crippen molar-refractivity contribution in [2.45, 2.75) is 6.42 Å². The van der Waals surface area contributed by atoms with Gasteiger partial charge in [0.25, 0.3) is 0 Å². The molecule has 2 aromatic carbocycles. The Morgan fingerprint density at radius 1 is 0.963 bits per heavy atom. The van der Waals surface area contributed by atoms with E-state index in [9.17, 15) is 4.79 Å². The zero-order valence-electron chi connectivity index (χ0n) is 15.7. The Balaban J connectivity index is 1.89. The van der Waals surface area contributed by atoms with Crippen molar-refractivity contribution in [2.75, 3.05) is 33.8 Å². The zero-order chi connectivity index (χ0) is 19.4. The number of ether oxygens (including phenoxy) is 4. The van der Waals surface area contributed by atoms with Gasteiger partial charge in [-0.15, -0.1) is 0 Å². The van der Waals surface area contributed by atoms with E-state index < -0.39 is 0 Å². The lowest BCUT2D eigenvalue weighted by atomic mass is 10.1. The van der Waals surface area contributed by atoms with Gasteiger partial charge in [0.2, 0.25) is 11.7 Å². The summed E-state index contributed by atoms with van der Waals surface area (Å²) in [6.07, 6.45) is 1.97. The predicted octanol–water partition coefficient (Wildman–Crippen LogP) is 3.38. The summed E-state index contributed by atoms with van der Waals surface area (Å²) in [6.45, 7) is 0. The minimum atomic E-state index is -0.141. The summed E-state index contributed by atoms with van der Waals surface area (Å²) in [5.74, 6) is 2.16. The number of hydrogen-bond acceptors (Lipinski definition) is 5. The minimum Gasteiger partial charge on any atom is -0.497 e. The van der Waals surface area contributed by atoms with E-state index >= 15 is 0 Å². The molecule has 7 nitrogen and oxygen atoms in total. The van der Waals surface area contributed by atoms with E-state index in [1.807, 2.05) is 6.07 Å². The highest BCUT2D eigenvalue weighted by Gasteiger charge is 2.20. The van der Waals surface area contributed by atoms with Crippen molar-refractivity contribution in [3.63, 3.8) is 0 Å². The Labute approximate surface area is 157 Å². The van der Waals surface area contributed by atoms with Gasteiger partial charge in [0.1, 0.15) is 5.75 Å². The van der Waals surface area contributed by atoms with Gasteiger partial charge in [-0.05, 0) is 29.8 Å². The number of aromatic amines is 1. The lowest BCUT2D eigenvalue weighted by Gasteiger charge is -2.14. The van der Waals surface area contributed by atoms with Crippen molar-refractivity contribution in [3.05, 3.63) is 42.1 Å². The summed E-state index contributed by atoms with van der Waals surface area (Å²) in [5.41, 5.74) is 2.30. The Bertz CT molecular complexity index is 947.